The molecule has 21 heavy (non-hydrogen) atoms. The molecule has 7 heteroatoms. The number of carboxylic acid groups (broad SMARTS) is 1. The van der Waals surface area contributed by atoms with E-state index < -0.39 is 24.5 Å². The first-order valence-electron chi connectivity index (χ1n) is 6.24. The molecule has 0 saturated heterocycles. The summed E-state index contributed by atoms with van der Waals surface area (Å²) in [5.74, 6) is -2.32. The average Bonchev–Trinajstić information content (AvgIpc) is 2.50. The third-order valence-corrected chi connectivity index (χ3v) is 1.41. The minimum Gasteiger partial charge on any atom is -0.479 e. The van der Waals surface area contributed by atoms with Crippen LogP contribution in [-0.4, -0.2) is 59.8 Å². The zero-order valence-corrected chi connectivity index (χ0v) is 12.9. The molecule has 0 aromatic rings. The summed E-state index contributed by atoms with van der Waals surface area (Å²) < 4.78 is 9.13. The van der Waals surface area contributed by atoms with Gasteiger partial charge in [-0.05, 0) is 13.8 Å². The van der Waals surface area contributed by atoms with E-state index in [1.165, 1.54) is 0 Å². The van der Waals surface area contributed by atoms with Gasteiger partial charge in [-0.25, -0.2) is 4.79 Å². The quantitative estimate of drug-likeness (QED) is 0.475. The molecule has 0 spiro atoms. The van der Waals surface area contributed by atoms with Gasteiger partial charge in [-0.15, -0.1) is 26.3 Å². The second-order valence-corrected chi connectivity index (χ2v) is 2.78. The Labute approximate surface area is 126 Å². The van der Waals surface area contributed by atoms with Crippen LogP contribution in [0.3, 0.4) is 0 Å². The fourth-order valence-electron chi connectivity index (χ4n) is 0.668. The van der Waals surface area contributed by atoms with Gasteiger partial charge in [-0.2, -0.15) is 0 Å². The van der Waals surface area contributed by atoms with E-state index in [1.807, 2.05) is 13.8 Å². The van der Waals surface area contributed by atoms with Gasteiger partial charge in [0.05, 0.1) is 13.0 Å². The third-order valence-electron chi connectivity index (χ3n) is 1.41. The van der Waals surface area contributed by atoms with Gasteiger partial charge in [0.25, 0.3) is 0 Å². The zero-order chi connectivity index (χ0) is 17.7. The molecule has 1 atom stereocenters. The van der Waals surface area contributed by atoms with E-state index in [2.05, 4.69) is 31.1 Å². The lowest BCUT2D eigenvalue weighted by atomic mass is 10.2. The van der Waals surface area contributed by atoms with Gasteiger partial charge in [0, 0.05) is 13.2 Å². The number of hydrogen-bond acceptors (Lipinski definition) is 6. The molecule has 0 bridgehead atoms. The van der Waals surface area contributed by atoms with Crippen molar-refractivity contribution in [3.63, 3.8) is 0 Å². The second-order valence-electron chi connectivity index (χ2n) is 2.78. The summed E-state index contributed by atoms with van der Waals surface area (Å²) in [6.45, 7) is 17.2. The number of esters is 1. The van der Waals surface area contributed by atoms with Crippen LogP contribution in [0, 0.1) is 0 Å². The van der Waals surface area contributed by atoms with Crippen LogP contribution in [0.25, 0.3) is 0 Å². The van der Waals surface area contributed by atoms with Gasteiger partial charge in [0.2, 0.25) is 0 Å². The van der Waals surface area contributed by atoms with Gasteiger partial charge in [0.15, 0.2) is 6.10 Å². The fourth-order valence-corrected chi connectivity index (χ4v) is 0.668. The largest absolute Gasteiger partial charge is 0.479 e. The Hall–Kier alpha value is -1.70. The van der Waals surface area contributed by atoms with Crippen molar-refractivity contribution in [3.05, 3.63) is 26.3 Å². The molecule has 0 aromatic heterocycles. The average molecular weight is 308 g/mol. The van der Waals surface area contributed by atoms with Gasteiger partial charge >= 0.3 is 11.9 Å². The normalized spacial score (nSPS) is 9.33. The van der Waals surface area contributed by atoms with Crippen LogP contribution in [0.5, 0.6) is 0 Å². The number of ether oxygens (including phenoxy) is 2. The van der Waals surface area contributed by atoms with Crippen molar-refractivity contribution in [1.29, 1.82) is 0 Å². The first kappa shape index (κ1) is 27.6. The number of aliphatic carboxylic acids is 1. The number of carboxylic acids is 1. The second kappa shape index (κ2) is 26.8. The Bertz CT molecular complexity index is 227. The third kappa shape index (κ3) is 32.1. The van der Waals surface area contributed by atoms with Crippen LogP contribution in [0.2, 0.25) is 0 Å². The van der Waals surface area contributed by atoms with Crippen LogP contribution in [0.1, 0.15) is 20.3 Å². The van der Waals surface area contributed by atoms with Gasteiger partial charge < -0.3 is 24.8 Å². The molecule has 0 rings (SSSR count). The summed E-state index contributed by atoms with van der Waals surface area (Å²) in [6.07, 6.45) is -2.34. The summed E-state index contributed by atoms with van der Waals surface area (Å²) in [5, 5.41) is 25.0. The molecule has 3 N–H and O–H groups in total. The maximum atomic E-state index is 10.6. The van der Waals surface area contributed by atoms with Crippen molar-refractivity contribution >= 4 is 11.9 Å². The Balaban J connectivity index is -0.000000134. The highest BCUT2D eigenvalue weighted by atomic mass is 16.5. The van der Waals surface area contributed by atoms with Crippen molar-refractivity contribution in [2.75, 3.05) is 26.4 Å². The first-order valence-corrected chi connectivity index (χ1v) is 6.24. The molecular formula is C14H28O7. The lowest BCUT2D eigenvalue weighted by Crippen LogP contribution is -2.24. The Kier molecular flexibility index (Phi) is 35.2. The minimum atomic E-state index is -1.74. The molecule has 0 saturated carbocycles. The van der Waals surface area contributed by atoms with E-state index >= 15 is 0 Å². The Morgan fingerprint density at radius 3 is 1.76 bits per heavy atom. The molecule has 0 aromatic carbocycles. The van der Waals surface area contributed by atoms with Crippen LogP contribution >= 0.6 is 0 Å². The molecule has 0 aliphatic carbocycles. The molecule has 126 valence electrons. The minimum absolute atomic E-state index is 0.189. The highest BCUT2D eigenvalue weighted by Crippen LogP contribution is 1.94. The molecular weight excluding hydrogens is 280 g/mol. The maximum Gasteiger partial charge on any atom is 0.333 e. The number of aliphatic hydroxyl groups is 2. The SMILES string of the molecule is C=C.C=C.CCOCC.O=C(CC(O)C(=O)O)OCCO. The first-order chi connectivity index (χ1) is 9.99. The molecule has 0 aliphatic rings. The highest BCUT2D eigenvalue weighted by Gasteiger charge is 2.18. The molecule has 0 fully saturated rings. The molecule has 1 unspecified atom stereocenters. The standard InChI is InChI=1S/C6H10O6.C4H10O.2C2H4/c7-1-2-12-5(9)3-4(8)6(10)11;1-3-5-4-2;2*1-2/h4,7-8H,1-3H2,(H,10,11);3-4H2,1-2H3;2*1-2H2. The van der Waals surface area contributed by atoms with Crippen molar-refractivity contribution in [2.24, 2.45) is 0 Å². The van der Waals surface area contributed by atoms with E-state index in [-0.39, 0.29) is 13.2 Å². The number of carbonyl (C=O) groups excluding carboxylic acids is 1. The molecule has 0 radical (unpaired) electrons. The summed E-state index contributed by atoms with van der Waals surface area (Å²) in [7, 11) is 0. The predicted molar refractivity (Wildman–Crippen MR) is 81.0 cm³/mol. The van der Waals surface area contributed by atoms with Crippen molar-refractivity contribution in [2.45, 2.75) is 26.4 Å². The van der Waals surface area contributed by atoms with Crippen LogP contribution in [0.4, 0.5) is 0 Å². The number of carbonyl (C=O) groups is 2. The van der Waals surface area contributed by atoms with E-state index in [0.717, 1.165) is 13.2 Å². The van der Waals surface area contributed by atoms with E-state index in [1.54, 1.807) is 0 Å². The maximum absolute atomic E-state index is 10.6. The van der Waals surface area contributed by atoms with Crippen LogP contribution in [0.15, 0.2) is 26.3 Å². The van der Waals surface area contributed by atoms with Crippen molar-refractivity contribution in [3.8, 4) is 0 Å². The lowest BCUT2D eigenvalue weighted by Gasteiger charge is -2.04. The van der Waals surface area contributed by atoms with Crippen LogP contribution < -0.4 is 0 Å². The zero-order valence-electron chi connectivity index (χ0n) is 12.9. The fraction of sp³-hybridized carbons (Fsp3) is 0.571. The smallest absolute Gasteiger partial charge is 0.333 e. The predicted octanol–water partition coefficient (Wildman–Crippen LogP) is 1.00. The number of rotatable bonds is 7. The number of aliphatic hydroxyl groups excluding tert-OH is 2. The van der Waals surface area contributed by atoms with Crippen molar-refractivity contribution < 1.29 is 34.4 Å². The Morgan fingerprint density at radius 2 is 1.52 bits per heavy atom. The summed E-state index contributed by atoms with van der Waals surface area (Å²) in [4.78, 5) is 20.6. The molecule has 0 amide bonds. The van der Waals surface area contributed by atoms with E-state index in [9.17, 15) is 9.59 Å². The van der Waals surface area contributed by atoms with Gasteiger partial charge in [0.1, 0.15) is 6.61 Å². The lowest BCUT2D eigenvalue weighted by molar-refractivity contribution is -0.156. The van der Waals surface area contributed by atoms with E-state index in [0.29, 0.717) is 0 Å². The van der Waals surface area contributed by atoms with Crippen molar-refractivity contribution in [1.82, 2.24) is 0 Å². The molecule has 0 heterocycles. The Morgan fingerprint density at radius 1 is 1.10 bits per heavy atom. The summed E-state index contributed by atoms with van der Waals surface area (Å²) >= 11 is 0. The highest BCUT2D eigenvalue weighted by molar-refractivity contribution is 5.80. The van der Waals surface area contributed by atoms with E-state index in [4.69, 9.17) is 20.1 Å². The topological polar surface area (TPSA) is 113 Å². The summed E-state index contributed by atoms with van der Waals surface area (Å²) in [5.41, 5.74) is 0. The molecule has 7 nitrogen and oxygen atoms in total. The van der Waals surface area contributed by atoms with Gasteiger partial charge in [-0.1, -0.05) is 0 Å². The molecule has 0 aliphatic heterocycles. The van der Waals surface area contributed by atoms with Crippen LogP contribution in [-0.2, 0) is 19.1 Å². The monoisotopic (exact) mass is 308 g/mol. The summed E-state index contributed by atoms with van der Waals surface area (Å²) in [6, 6.07) is 0. The van der Waals surface area contributed by atoms with Gasteiger partial charge in [-0.3, -0.25) is 4.79 Å². The number of hydrogen-bond donors (Lipinski definition) is 3.